The number of cyclic esters (lactones) is 1. The van der Waals surface area contributed by atoms with Crippen molar-refractivity contribution in [2.24, 2.45) is 0 Å². The summed E-state index contributed by atoms with van der Waals surface area (Å²) in [7, 11) is 0. The minimum atomic E-state index is -0.145. The molecule has 9 heavy (non-hydrogen) atoms. The van der Waals surface area contributed by atoms with E-state index in [0.29, 0.717) is 12.6 Å². The van der Waals surface area contributed by atoms with E-state index < -0.39 is 0 Å². The van der Waals surface area contributed by atoms with Crippen LogP contribution in [0.1, 0.15) is 6.42 Å². The van der Waals surface area contributed by atoms with Gasteiger partial charge in [0.05, 0.1) is 6.04 Å². The number of amides is 1. The molecule has 2 aliphatic rings. The third-order valence-electron chi connectivity index (χ3n) is 1.84. The minimum Gasteiger partial charge on any atom is -0.447 e. The molecule has 0 saturated carbocycles. The number of carbonyl (C=O) groups excluding carboxylic acids is 1. The van der Waals surface area contributed by atoms with Crippen LogP contribution in [0, 0.1) is 6.42 Å². The summed E-state index contributed by atoms with van der Waals surface area (Å²) in [5.41, 5.74) is 0. The molecule has 3 nitrogen and oxygen atoms in total. The third-order valence-corrected chi connectivity index (χ3v) is 1.84. The molecule has 0 bridgehead atoms. The van der Waals surface area contributed by atoms with Crippen molar-refractivity contribution in [2.75, 3.05) is 13.2 Å². The molecule has 1 radical (unpaired) electrons. The smallest absolute Gasteiger partial charge is 0.410 e. The third kappa shape index (κ3) is 0.605. The Morgan fingerprint density at radius 3 is 3.44 bits per heavy atom. The van der Waals surface area contributed by atoms with Crippen molar-refractivity contribution in [1.29, 1.82) is 0 Å². The summed E-state index contributed by atoms with van der Waals surface area (Å²) in [4.78, 5) is 12.5. The molecule has 0 spiro atoms. The first kappa shape index (κ1) is 5.09. The zero-order valence-electron chi connectivity index (χ0n) is 5.04. The fourth-order valence-electron chi connectivity index (χ4n) is 1.31. The molecule has 49 valence electrons. The maximum Gasteiger partial charge on any atom is 0.410 e. The fraction of sp³-hybridized carbons (Fsp3) is 0.667. The Morgan fingerprint density at radius 2 is 2.67 bits per heavy atom. The molecule has 2 heterocycles. The SMILES string of the molecule is O=C1OCC2C[CH]CN12. The predicted molar refractivity (Wildman–Crippen MR) is 30.8 cm³/mol. The second kappa shape index (κ2) is 1.62. The van der Waals surface area contributed by atoms with Crippen molar-refractivity contribution in [3.05, 3.63) is 6.42 Å². The Balaban J connectivity index is 2.15. The summed E-state index contributed by atoms with van der Waals surface area (Å²) >= 11 is 0. The van der Waals surface area contributed by atoms with Gasteiger partial charge in [0, 0.05) is 6.54 Å². The van der Waals surface area contributed by atoms with Crippen molar-refractivity contribution in [2.45, 2.75) is 12.5 Å². The first-order chi connectivity index (χ1) is 4.38. The van der Waals surface area contributed by atoms with Gasteiger partial charge >= 0.3 is 6.09 Å². The lowest BCUT2D eigenvalue weighted by Crippen LogP contribution is -2.26. The number of nitrogens with zero attached hydrogens (tertiary/aromatic N) is 1. The molecule has 2 aliphatic heterocycles. The summed E-state index contributed by atoms with van der Waals surface area (Å²) in [6.45, 7) is 1.37. The highest BCUT2D eigenvalue weighted by atomic mass is 16.6. The van der Waals surface area contributed by atoms with Crippen LogP contribution in [-0.4, -0.2) is 30.2 Å². The van der Waals surface area contributed by atoms with Crippen LogP contribution in [0.15, 0.2) is 0 Å². The Kier molecular flexibility index (Phi) is 0.917. The van der Waals surface area contributed by atoms with Crippen LogP contribution < -0.4 is 0 Å². The molecule has 0 aromatic rings. The Hall–Kier alpha value is -0.730. The van der Waals surface area contributed by atoms with Crippen molar-refractivity contribution in [3.63, 3.8) is 0 Å². The van der Waals surface area contributed by atoms with Crippen molar-refractivity contribution in [1.82, 2.24) is 4.90 Å². The van der Waals surface area contributed by atoms with E-state index in [4.69, 9.17) is 4.74 Å². The van der Waals surface area contributed by atoms with Gasteiger partial charge in [0.1, 0.15) is 6.61 Å². The van der Waals surface area contributed by atoms with Gasteiger partial charge in [-0.3, -0.25) is 0 Å². The van der Waals surface area contributed by atoms with E-state index >= 15 is 0 Å². The zero-order chi connectivity index (χ0) is 6.27. The molecule has 1 amide bonds. The predicted octanol–water partition coefficient (Wildman–Crippen LogP) is 0.415. The van der Waals surface area contributed by atoms with E-state index in [2.05, 4.69) is 6.42 Å². The summed E-state index contributed by atoms with van der Waals surface area (Å²) in [6, 6.07) is 0.359. The highest BCUT2D eigenvalue weighted by Crippen LogP contribution is 2.22. The zero-order valence-corrected chi connectivity index (χ0v) is 5.04. The maximum absolute atomic E-state index is 10.7. The highest BCUT2D eigenvalue weighted by Gasteiger charge is 2.36. The number of hydrogen-bond acceptors (Lipinski definition) is 2. The van der Waals surface area contributed by atoms with Crippen LogP contribution in [0.25, 0.3) is 0 Å². The Bertz CT molecular complexity index is 146. The summed E-state index contributed by atoms with van der Waals surface area (Å²) in [5.74, 6) is 0. The van der Waals surface area contributed by atoms with Gasteiger partial charge in [-0.1, -0.05) is 0 Å². The van der Waals surface area contributed by atoms with Crippen molar-refractivity contribution in [3.8, 4) is 0 Å². The number of carbonyl (C=O) groups is 1. The van der Waals surface area contributed by atoms with Gasteiger partial charge in [0.15, 0.2) is 0 Å². The molecule has 2 fully saturated rings. The molecular weight excluding hydrogens is 118 g/mol. The molecular formula is C6H8NO2. The molecule has 0 N–H and O–H groups in total. The monoisotopic (exact) mass is 126 g/mol. The second-order valence-electron chi connectivity index (χ2n) is 2.41. The quantitative estimate of drug-likeness (QED) is 0.470. The lowest BCUT2D eigenvalue weighted by molar-refractivity contribution is 0.160. The minimum absolute atomic E-state index is 0.145. The molecule has 1 atom stereocenters. The topological polar surface area (TPSA) is 29.5 Å². The Labute approximate surface area is 53.6 Å². The van der Waals surface area contributed by atoms with E-state index in [1.165, 1.54) is 0 Å². The first-order valence-corrected chi connectivity index (χ1v) is 3.13. The lowest BCUT2D eigenvalue weighted by Gasteiger charge is -2.08. The van der Waals surface area contributed by atoms with Crippen LogP contribution in [0.5, 0.6) is 0 Å². The molecule has 0 aliphatic carbocycles. The van der Waals surface area contributed by atoms with Crippen molar-refractivity contribution < 1.29 is 9.53 Å². The molecule has 3 heteroatoms. The van der Waals surface area contributed by atoms with Gasteiger partial charge in [-0.05, 0) is 12.8 Å². The van der Waals surface area contributed by atoms with Gasteiger partial charge in [0.25, 0.3) is 0 Å². The average molecular weight is 126 g/mol. The summed E-state index contributed by atoms with van der Waals surface area (Å²) < 4.78 is 4.79. The summed E-state index contributed by atoms with van der Waals surface area (Å²) in [6.07, 6.45) is 2.98. The standard InChI is InChI=1S/C6H8NO2/c8-6-7-3-1-2-5(7)4-9-6/h1,5H,2-4H2. The van der Waals surface area contributed by atoms with Gasteiger partial charge in [-0.15, -0.1) is 0 Å². The lowest BCUT2D eigenvalue weighted by atomic mass is 10.2. The van der Waals surface area contributed by atoms with Crippen LogP contribution in [0.3, 0.4) is 0 Å². The van der Waals surface area contributed by atoms with Crippen LogP contribution in [0.4, 0.5) is 4.79 Å². The number of rotatable bonds is 0. The molecule has 0 aromatic carbocycles. The van der Waals surface area contributed by atoms with E-state index in [1.807, 2.05) is 0 Å². The maximum atomic E-state index is 10.7. The largest absolute Gasteiger partial charge is 0.447 e. The fourth-order valence-corrected chi connectivity index (χ4v) is 1.31. The second-order valence-corrected chi connectivity index (χ2v) is 2.41. The van der Waals surface area contributed by atoms with E-state index in [0.717, 1.165) is 13.0 Å². The van der Waals surface area contributed by atoms with Gasteiger partial charge < -0.3 is 9.64 Å². The van der Waals surface area contributed by atoms with Crippen LogP contribution >= 0.6 is 0 Å². The highest BCUT2D eigenvalue weighted by molar-refractivity contribution is 5.70. The van der Waals surface area contributed by atoms with Gasteiger partial charge in [-0.2, -0.15) is 0 Å². The molecule has 0 aromatic heterocycles. The molecule has 1 unspecified atom stereocenters. The van der Waals surface area contributed by atoms with E-state index in [9.17, 15) is 4.79 Å². The van der Waals surface area contributed by atoms with Crippen molar-refractivity contribution >= 4 is 6.09 Å². The number of hydrogen-bond donors (Lipinski definition) is 0. The number of ether oxygens (including phenoxy) is 1. The van der Waals surface area contributed by atoms with Crippen LogP contribution in [-0.2, 0) is 4.74 Å². The Morgan fingerprint density at radius 1 is 1.78 bits per heavy atom. The normalized spacial score (nSPS) is 32.7. The summed E-state index contributed by atoms with van der Waals surface area (Å²) in [5, 5.41) is 0. The average Bonchev–Trinajstić information content (AvgIpc) is 2.35. The van der Waals surface area contributed by atoms with Gasteiger partial charge in [-0.25, -0.2) is 4.79 Å². The van der Waals surface area contributed by atoms with E-state index in [1.54, 1.807) is 4.90 Å². The van der Waals surface area contributed by atoms with Crippen LogP contribution in [0.2, 0.25) is 0 Å². The molecule has 2 saturated heterocycles. The molecule has 2 rings (SSSR count). The first-order valence-electron chi connectivity index (χ1n) is 3.13. The van der Waals surface area contributed by atoms with E-state index in [-0.39, 0.29) is 6.09 Å². The van der Waals surface area contributed by atoms with Gasteiger partial charge in [0.2, 0.25) is 0 Å². The number of fused-ring (bicyclic) bond motifs is 1.